The lowest BCUT2D eigenvalue weighted by Gasteiger charge is -2.46. The molecule has 3 amide bonds. The first-order valence-corrected chi connectivity index (χ1v) is 13.8. The number of carboxylic acid groups (broad SMARTS) is 1. The van der Waals surface area contributed by atoms with Crippen molar-refractivity contribution < 1.29 is 29.4 Å². The number of amides is 3. The smallest absolute Gasteiger partial charge is 0.353 e. The molecule has 0 aromatic rings. The third-order valence-electron chi connectivity index (χ3n) is 8.22. The van der Waals surface area contributed by atoms with Gasteiger partial charge in [-0.2, -0.15) is 0 Å². The second kappa shape index (κ2) is 9.96. The maximum atomic E-state index is 13.2. The van der Waals surface area contributed by atoms with Gasteiger partial charge in [0.25, 0.3) is 0 Å². The van der Waals surface area contributed by atoms with E-state index >= 15 is 0 Å². The number of carboxylic acids is 1. The second-order valence-corrected chi connectivity index (χ2v) is 12.0. The number of aliphatic hydroxyl groups excluding tert-OH is 1. The molecule has 198 valence electrons. The van der Waals surface area contributed by atoms with Gasteiger partial charge in [0, 0.05) is 41.7 Å². The van der Waals surface area contributed by atoms with Crippen LogP contribution in [0.3, 0.4) is 0 Å². The summed E-state index contributed by atoms with van der Waals surface area (Å²) in [6.07, 6.45) is 2.30. The third-order valence-corrected chi connectivity index (χ3v) is 9.73. The molecule has 0 aromatic heterocycles. The van der Waals surface area contributed by atoms with E-state index in [0.29, 0.717) is 31.0 Å². The van der Waals surface area contributed by atoms with Gasteiger partial charge in [-0.3, -0.25) is 14.4 Å². The van der Waals surface area contributed by atoms with Crippen molar-refractivity contribution in [2.45, 2.75) is 75.1 Å². The van der Waals surface area contributed by atoms with Crippen LogP contribution in [0.15, 0.2) is 10.6 Å². The minimum absolute atomic E-state index is 0.00361. The number of nitrogens with zero attached hydrogens (tertiary/aromatic N) is 2. The van der Waals surface area contributed by atoms with Gasteiger partial charge in [0.2, 0.25) is 17.7 Å². The molecule has 5 heterocycles. The van der Waals surface area contributed by atoms with Crippen molar-refractivity contribution in [3.8, 4) is 0 Å². The number of nitrogens with one attached hydrogen (secondary N) is 3. The van der Waals surface area contributed by atoms with E-state index in [0.717, 1.165) is 25.8 Å². The highest BCUT2D eigenvalue weighted by Gasteiger charge is 2.60. The van der Waals surface area contributed by atoms with E-state index in [4.69, 9.17) is 0 Å². The predicted molar refractivity (Wildman–Crippen MR) is 132 cm³/mol. The monoisotopic (exact) mass is 521 g/mol. The Bertz CT molecular complexity index is 982. The summed E-state index contributed by atoms with van der Waals surface area (Å²) in [6.45, 7) is 5.99. The van der Waals surface area contributed by atoms with Crippen LogP contribution in [-0.2, 0) is 19.2 Å². The van der Waals surface area contributed by atoms with Crippen LogP contribution < -0.4 is 16.0 Å². The molecular formula is C24H35N5O6S. The Morgan fingerprint density at radius 1 is 1.19 bits per heavy atom. The average molecular weight is 522 g/mol. The number of aliphatic carboxylic acids is 1. The first-order chi connectivity index (χ1) is 17.2. The molecule has 0 saturated carbocycles. The SMILES string of the molecule is C[C@@H](O)[C@H]1C(=O)N2C(C(=O)O)=C(S[C@@H]3CN[C@H](C(=O)N4CC[C@H](NC(=O)[C@H]5CCCN5)C4)C3)[C@H](C)[C@H]12. The highest BCUT2D eigenvalue weighted by molar-refractivity contribution is 8.03. The molecule has 0 aromatic carbocycles. The maximum Gasteiger partial charge on any atom is 0.353 e. The van der Waals surface area contributed by atoms with Gasteiger partial charge in [-0.1, -0.05) is 6.92 Å². The first-order valence-electron chi connectivity index (χ1n) is 12.9. The largest absolute Gasteiger partial charge is 0.477 e. The van der Waals surface area contributed by atoms with Crippen molar-refractivity contribution in [1.82, 2.24) is 25.8 Å². The van der Waals surface area contributed by atoms with E-state index in [1.165, 1.54) is 16.7 Å². The quantitative estimate of drug-likeness (QED) is 0.268. The standard InChI is InChI=1S/C24H35N5O6S/c1-11-18-17(12(2)30)23(33)29(18)19(24(34)35)20(11)36-14-8-16(26-9-14)22(32)28-7-5-13(10-28)27-21(31)15-4-3-6-25-15/h11-18,25-26,30H,3-10H2,1-2H3,(H,27,31)(H,34,35)/t11-,12-,13+,14+,15-,16+,17-,18-/m1/s1. The van der Waals surface area contributed by atoms with Gasteiger partial charge in [-0.25, -0.2) is 4.79 Å². The van der Waals surface area contributed by atoms with Crippen LogP contribution in [0.25, 0.3) is 0 Å². The maximum absolute atomic E-state index is 13.2. The van der Waals surface area contributed by atoms with Gasteiger partial charge in [-0.15, -0.1) is 11.8 Å². The normalized spacial score (nSPS) is 36.8. The Balaban J connectivity index is 1.17. The van der Waals surface area contributed by atoms with Crippen molar-refractivity contribution in [2.24, 2.45) is 11.8 Å². The summed E-state index contributed by atoms with van der Waals surface area (Å²) in [5, 5.41) is 29.4. The lowest BCUT2D eigenvalue weighted by Crippen LogP contribution is -2.63. The molecule has 4 saturated heterocycles. The van der Waals surface area contributed by atoms with Gasteiger partial charge >= 0.3 is 5.97 Å². The lowest BCUT2D eigenvalue weighted by molar-refractivity contribution is -0.163. The molecule has 5 aliphatic heterocycles. The van der Waals surface area contributed by atoms with Crippen molar-refractivity contribution in [2.75, 3.05) is 26.2 Å². The Kier molecular flexibility index (Phi) is 7.05. The molecule has 12 heteroatoms. The van der Waals surface area contributed by atoms with Gasteiger partial charge in [0.05, 0.1) is 30.1 Å². The number of carbonyl (C=O) groups excluding carboxylic acids is 3. The van der Waals surface area contributed by atoms with E-state index in [2.05, 4.69) is 16.0 Å². The van der Waals surface area contributed by atoms with Crippen molar-refractivity contribution in [3.05, 3.63) is 10.6 Å². The molecule has 4 fully saturated rings. The predicted octanol–water partition coefficient (Wildman–Crippen LogP) is -0.927. The molecule has 0 spiro atoms. The fourth-order valence-corrected chi connectivity index (χ4v) is 7.83. The van der Waals surface area contributed by atoms with Crippen LogP contribution >= 0.6 is 11.8 Å². The molecule has 0 aliphatic carbocycles. The molecule has 5 aliphatic rings. The lowest BCUT2D eigenvalue weighted by atomic mass is 9.79. The molecule has 36 heavy (non-hydrogen) atoms. The van der Waals surface area contributed by atoms with Crippen LogP contribution in [0.2, 0.25) is 0 Å². The van der Waals surface area contributed by atoms with Gasteiger partial charge in [0.1, 0.15) is 5.70 Å². The number of hydrogen-bond donors (Lipinski definition) is 5. The van der Waals surface area contributed by atoms with Gasteiger partial charge in [-0.05, 0) is 39.2 Å². The fourth-order valence-electron chi connectivity index (χ4n) is 6.35. The first kappa shape index (κ1) is 25.5. The molecule has 11 nitrogen and oxygen atoms in total. The highest BCUT2D eigenvalue weighted by Crippen LogP contribution is 2.51. The van der Waals surface area contributed by atoms with Crippen LogP contribution in [0, 0.1) is 11.8 Å². The fraction of sp³-hybridized carbons (Fsp3) is 0.750. The third kappa shape index (κ3) is 4.42. The van der Waals surface area contributed by atoms with Crippen molar-refractivity contribution in [1.29, 1.82) is 0 Å². The number of hydrogen-bond acceptors (Lipinski definition) is 8. The number of fused-ring (bicyclic) bond motifs is 1. The Hall–Kier alpha value is -2.15. The van der Waals surface area contributed by atoms with Crippen LogP contribution in [0.5, 0.6) is 0 Å². The van der Waals surface area contributed by atoms with Crippen LogP contribution in [-0.4, -0.2) is 105 Å². The van der Waals surface area contributed by atoms with E-state index in [9.17, 15) is 29.4 Å². The summed E-state index contributed by atoms with van der Waals surface area (Å²) in [7, 11) is 0. The second-order valence-electron chi connectivity index (χ2n) is 10.6. The highest BCUT2D eigenvalue weighted by atomic mass is 32.2. The molecule has 0 radical (unpaired) electrons. The molecular weight excluding hydrogens is 486 g/mol. The number of thioether (sulfide) groups is 1. The van der Waals surface area contributed by atoms with Crippen LogP contribution in [0.1, 0.15) is 39.5 Å². The van der Waals surface area contributed by atoms with E-state index < -0.39 is 18.0 Å². The topological polar surface area (TPSA) is 151 Å². The Labute approximate surface area is 214 Å². The van der Waals surface area contributed by atoms with Gasteiger partial charge < -0.3 is 36.0 Å². The number of carbonyl (C=O) groups is 4. The van der Waals surface area contributed by atoms with E-state index in [1.807, 2.05) is 6.92 Å². The zero-order valence-electron chi connectivity index (χ0n) is 20.6. The Morgan fingerprint density at radius 3 is 2.64 bits per heavy atom. The molecule has 0 bridgehead atoms. The Morgan fingerprint density at radius 2 is 1.97 bits per heavy atom. The minimum atomic E-state index is -1.14. The molecule has 0 unspecified atom stereocenters. The zero-order valence-corrected chi connectivity index (χ0v) is 21.4. The summed E-state index contributed by atoms with van der Waals surface area (Å²) >= 11 is 1.44. The van der Waals surface area contributed by atoms with Crippen molar-refractivity contribution in [3.63, 3.8) is 0 Å². The number of rotatable bonds is 7. The molecule has 5 N–H and O–H groups in total. The molecule has 5 rings (SSSR count). The van der Waals surface area contributed by atoms with Crippen molar-refractivity contribution >= 4 is 35.5 Å². The van der Waals surface area contributed by atoms with Gasteiger partial charge in [0.15, 0.2) is 0 Å². The van der Waals surface area contributed by atoms with E-state index in [-0.39, 0.29) is 58.8 Å². The number of β-lactam (4-membered cyclic amide) rings is 1. The van der Waals surface area contributed by atoms with Crippen LogP contribution in [0.4, 0.5) is 0 Å². The summed E-state index contributed by atoms with van der Waals surface area (Å²) in [4.78, 5) is 53.9. The zero-order chi connectivity index (χ0) is 25.7. The average Bonchev–Trinajstić information content (AvgIpc) is 3.61. The summed E-state index contributed by atoms with van der Waals surface area (Å²) < 4.78 is 0. The summed E-state index contributed by atoms with van der Waals surface area (Å²) in [5.41, 5.74) is 0.0176. The molecule has 8 atom stereocenters. The minimum Gasteiger partial charge on any atom is -0.477 e. The number of likely N-dealkylation sites (tertiary alicyclic amines) is 1. The summed E-state index contributed by atoms with van der Waals surface area (Å²) in [6, 6.07) is -0.872. The van der Waals surface area contributed by atoms with E-state index in [1.54, 1.807) is 11.8 Å². The number of aliphatic hydroxyl groups is 1. The summed E-state index contributed by atoms with van der Waals surface area (Å²) in [5.74, 6) is -2.24.